The Balaban J connectivity index is 1.13. The summed E-state index contributed by atoms with van der Waals surface area (Å²) in [6.45, 7) is 1.42. The van der Waals surface area contributed by atoms with Gasteiger partial charge in [-0.3, -0.25) is 4.79 Å². The molecule has 0 fully saturated rings. The molecule has 4 N–H and O–H groups in total. The average molecular weight is 532 g/mol. The van der Waals surface area contributed by atoms with Crippen molar-refractivity contribution in [2.75, 3.05) is 35.6 Å². The molecule has 0 saturated heterocycles. The fourth-order valence-electron chi connectivity index (χ4n) is 3.51. The number of aromatic nitrogens is 3. The molecule has 0 saturated carbocycles. The van der Waals surface area contributed by atoms with Crippen LogP contribution in [0, 0.1) is 0 Å². The smallest absolute Gasteiger partial charge is 0.264 e. The van der Waals surface area contributed by atoms with E-state index >= 15 is 0 Å². The van der Waals surface area contributed by atoms with Crippen molar-refractivity contribution in [2.24, 2.45) is 5.10 Å². The molecule has 1 aliphatic rings. The summed E-state index contributed by atoms with van der Waals surface area (Å²) in [5.74, 6) is 8.11. The van der Waals surface area contributed by atoms with E-state index in [1.165, 1.54) is 4.68 Å². The molecule has 38 heavy (non-hydrogen) atoms. The number of carbonyl (C=O) groups excluding carboxylic acids is 1. The maximum absolute atomic E-state index is 12.4. The van der Waals surface area contributed by atoms with E-state index in [4.69, 9.17) is 20.1 Å². The summed E-state index contributed by atoms with van der Waals surface area (Å²) in [7, 11) is 0. The van der Waals surface area contributed by atoms with Gasteiger partial charge in [-0.2, -0.15) is 5.10 Å². The lowest BCUT2D eigenvalue weighted by molar-refractivity contribution is -0.113. The number of thioether (sulfide) groups is 1. The first-order chi connectivity index (χ1) is 18.7. The van der Waals surface area contributed by atoms with Crippen LogP contribution in [0.15, 0.2) is 83.1 Å². The summed E-state index contributed by atoms with van der Waals surface area (Å²) in [4.78, 5) is 12.4. The SMILES string of the molecule is Nn1c(N/N=C/c2ccccc2OCc2ccccc2)nnc1SCC(=O)Nc1ccc2c(c1)OCCO2. The third-order valence-electron chi connectivity index (χ3n) is 5.35. The first-order valence-electron chi connectivity index (χ1n) is 11.7. The van der Waals surface area contributed by atoms with Crippen LogP contribution in [-0.2, 0) is 11.4 Å². The number of carbonyl (C=O) groups is 1. The number of nitrogens with one attached hydrogen (secondary N) is 2. The number of ether oxygens (including phenoxy) is 3. The monoisotopic (exact) mass is 531 g/mol. The Bertz CT molecular complexity index is 1430. The van der Waals surface area contributed by atoms with Crippen LogP contribution in [0.1, 0.15) is 11.1 Å². The molecule has 1 aromatic heterocycles. The number of nitrogens with two attached hydrogens (primary N) is 1. The quantitative estimate of drug-likeness (QED) is 0.121. The second kappa shape index (κ2) is 12.0. The van der Waals surface area contributed by atoms with Gasteiger partial charge in [0.25, 0.3) is 5.95 Å². The Hall–Kier alpha value is -4.71. The maximum atomic E-state index is 12.4. The highest BCUT2D eigenvalue weighted by Gasteiger charge is 2.15. The minimum Gasteiger partial charge on any atom is -0.488 e. The number of benzene rings is 3. The first-order valence-corrected chi connectivity index (χ1v) is 12.7. The number of para-hydroxylation sites is 1. The molecular formula is C26H25N7O4S. The second-order valence-corrected chi connectivity index (χ2v) is 9.00. The molecule has 0 unspecified atom stereocenters. The van der Waals surface area contributed by atoms with Crippen molar-refractivity contribution in [3.63, 3.8) is 0 Å². The number of nitrogen functional groups attached to an aromatic ring is 1. The van der Waals surface area contributed by atoms with Gasteiger partial charge >= 0.3 is 0 Å². The summed E-state index contributed by atoms with van der Waals surface area (Å²) < 4.78 is 18.2. The second-order valence-electron chi connectivity index (χ2n) is 8.05. The van der Waals surface area contributed by atoms with Crippen molar-refractivity contribution >= 4 is 35.5 Å². The maximum Gasteiger partial charge on any atom is 0.264 e. The van der Waals surface area contributed by atoms with Crippen LogP contribution in [-0.4, -0.2) is 46.0 Å². The minimum atomic E-state index is -0.227. The van der Waals surface area contributed by atoms with Crippen molar-refractivity contribution in [1.29, 1.82) is 0 Å². The summed E-state index contributed by atoms with van der Waals surface area (Å²) in [5.41, 5.74) is 5.24. The van der Waals surface area contributed by atoms with E-state index in [1.54, 1.807) is 24.4 Å². The van der Waals surface area contributed by atoms with Gasteiger partial charge in [0.2, 0.25) is 11.1 Å². The molecule has 0 bridgehead atoms. The topological polar surface area (TPSA) is 138 Å². The summed E-state index contributed by atoms with van der Waals surface area (Å²) in [5, 5.41) is 15.4. The molecule has 0 atom stereocenters. The van der Waals surface area contributed by atoms with Gasteiger partial charge in [-0.1, -0.05) is 54.2 Å². The molecule has 11 nitrogen and oxygen atoms in total. The summed E-state index contributed by atoms with van der Waals surface area (Å²) in [6.07, 6.45) is 1.61. The van der Waals surface area contributed by atoms with E-state index < -0.39 is 0 Å². The van der Waals surface area contributed by atoms with Gasteiger partial charge in [-0.15, -0.1) is 10.2 Å². The fraction of sp³-hybridized carbons (Fsp3) is 0.154. The summed E-state index contributed by atoms with van der Waals surface area (Å²) in [6, 6.07) is 22.7. The van der Waals surface area contributed by atoms with Crippen molar-refractivity contribution in [3.8, 4) is 17.2 Å². The highest BCUT2D eigenvalue weighted by molar-refractivity contribution is 7.99. The molecule has 3 aromatic carbocycles. The minimum absolute atomic E-state index is 0.0825. The van der Waals surface area contributed by atoms with Gasteiger partial charge in [-0.25, -0.2) is 10.1 Å². The van der Waals surface area contributed by atoms with Crippen molar-refractivity contribution in [1.82, 2.24) is 14.9 Å². The third kappa shape index (κ3) is 6.34. The van der Waals surface area contributed by atoms with Crippen molar-refractivity contribution < 1.29 is 19.0 Å². The van der Waals surface area contributed by atoms with Gasteiger partial charge in [0.1, 0.15) is 25.6 Å². The Labute approximate surface area is 223 Å². The van der Waals surface area contributed by atoms with Gasteiger partial charge in [0, 0.05) is 17.3 Å². The standard InChI is InChI=1S/C26H25N7O4S/c27-33-25(30-28-15-19-8-4-5-9-21(19)37-16-18-6-2-1-3-7-18)31-32-26(33)38-17-24(34)29-20-10-11-22-23(14-20)36-13-12-35-22/h1-11,14-15H,12-13,16-17,27H2,(H,29,34)(H,30,31)/b28-15+. The van der Waals surface area contributed by atoms with Crippen molar-refractivity contribution in [3.05, 3.63) is 83.9 Å². The molecule has 1 aliphatic heterocycles. The van der Waals surface area contributed by atoms with E-state index in [0.717, 1.165) is 22.9 Å². The number of rotatable bonds is 10. The number of fused-ring (bicyclic) bond motifs is 1. The van der Waals surface area contributed by atoms with E-state index in [-0.39, 0.29) is 17.6 Å². The zero-order chi connectivity index (χ0) is 26.2. The Kier molecular flexibility index (Phi) is 7.89. The highest BCUT2D eigenvalue weighted by atomic mass is 32.2. The molecule has 1 amide bonds. The Morgan fingerprint density at radius 1 is 1.05 bits per heavy atom. The van der Waals surface area contributed by atoms with Crippen LogP contribution in [0.5, 0.6) is 17.2 Å². The predicted molar refractivity (Wildman–Crippen MR) is 145 cm³/mol. The van der Waals surface area contributed by atoms with Gasteiger partial charge in [-0.05, 0) is 29.8 Å². The number of hydrazone groups is 1. The van der Waals surface area contributed by atoms with E-state index in [0.29, 0.717) is 47.9 Å². The lowest BCUT2D eigenvalue weighted by atomic mass is 10.2. The van der Waals surface area contributed by atoms with Crippen molar-refractivity contribution in [2.45, 2.75) is 11.8 Å². The Morgan fingerprint density at radius 2 is 1.84 bits per heavy atom. The molecule has 0 spiro atoms. The van der Waals surface area contributed by atoms with Gasteiger partial charge < -0.3 is 25.4 Å². The first kappa shape index (κ1) is 25.0. The Morgan fingerprint density at radius 3 is 2.71 bits per heavy atom. The van der Waals surface area contributed by atoms with Crippen LogP contribution in [0.3, 0.4) is 0 Å². The van der Waals surface area contributed by atoms with Crippen LogP contribution < -0.4 is 30.8 Å². The molecule has 4 aromatic rings. The van der Waals surface area contributed by atoms with E-state index in [1.807, 2.05) is 54.6 Å². The molecule has 5 rings (SSSR count). The number of anilines is 2. The fourth-order valence-corrected chi connectivity index (χ4v) is 4.17. The largest absolute Gasteiger partial charge is 0.488 e. The molecule has 0 radical (unpaired) electrons. The van der Waals surface area contributed by atoms with Crippen LogP contribution >= 0.6 is 11.8 Å². The van der Waals surface area contributed by atoms with Crippen LogP contribution in [0.4, 0.5) is 11.6 Å². The zero-order valence-corrected chi connectivity index (χ0v) is 21.1. The number of hydrogen-bond acceptors (Lipinski definition) is 10. The van der Waals surface area contributed by atoms with Crippen LogP contribution in [0.2, 0.25) is 0 Å². The van der Waals surface area contributed by atoms with Gasteiger partial charge in [0.15, 0.2) is 11.5 Å². The highest BCUT2D eigenvalue weighted by Crippen LogP contribution is 2.32. The molecule has 0 aliphatic carbocycles. The lowest BCUT2D eigenvalue weighted by Crippen LogP contribution is -2.18. The number of nitrogens with zero attached hydrogens (tertiary/aromatic N) is 4. The predicted octanol–water partition coefficient (Wildman–Crippen LogP) is 3.52. The third-order valence-corrected chi connectivity index (χ3v) is 6.29. The van der Waals surface area contributed by atoms with E-state index in [9.17, 15) is 4.79 Å². The number of hydrogen-bond donors (Lipinski definition) is 3. The zero-order valence-electron chi connectivity index (χ0n) is 20.2. The van der Waals surface area contributed by atoms with E-state index in [2.05, 4.69) is 26.0 Å². The lowest BCUT2D eigenvalue weighted by Gasteiger charge is -2.18. The summed E-state index contributed by atoms with van der Waals surface area (Å²) >= 11 is 1.15. The van der Waals surface area contributed by atoms with Gasteiger partial charge in [0.05, 0.1) is 12.0 Å². The molecule has 194 valence electrons. The average Bonchev–Trinajstić information content (AvgIpc) is 3.30. The molecule has 12 heteroatoms. The normalized spacial score (nSPS) is 12.3. The van der Waals surface area contributed by atoms with Crippen LogP contribution in [0.25, 0.3) is 0 Å². The molecular weight excluding hydrogens is 506 g/mol. The number of amides is 1. The molecule has 2 heterocycles.